The van der Waals surface area contributed by atoms with Gasteiger partial charge in [-0.05, 0) is 36.4 Å². The number of methoxy groups -OCH3 is 1. The van der Waals surface area contributed by atoms with Gasteiger partial charge in [-0.25, -0.2) is 14.0 Å². The van der Waals surface area contributed by atoms with E-state index in [0.29, 0.717) is 0 Å². The summed E-state index contributed by atoms with van der Waals surface area (Å²) in [5.74, 6) is -2.41. The predicted octanol–water partition coefficient (Wildman–Crippen LogP) is 3.00. The van der Waals surface area contributed by atoms with Gasteiger partial charge in [-0.2, -0.15) is 18.6 Å². The van der Waals surface area contributed by atoms with E-state index in [4.69, 9.17) is 0 Å². The first-order chi connectivity index (χ1) is 13.2. The number of urea groups is 1. The Morgan fingerprint density at radius 3 is 2.07 bits per heavy atom. The number of ether oxygens (including phenoxy) is 1. The number of carbonyl (C=O) groups excluding carboxylic acids is 2. The highest BCUT2D eigenvalue weighted by molar-refractivity contribution is 5.94. The molecule has 0 saturated heterocycles. The van der Waals surface area contributed by atoms with E-state index in [2.05, 4.69) is 15.5 Å². The van der Waals surface area contributed by atoms with Crippen molar-refractivity contribution in [2.75, 3.05) is 17.9 Å². The maximum Gasteiger partial charge on any atom is 0.438 e. The number of hydrogen-bond donors (Lipinski definition) is 4. The molecule has 1 atom stereocenters. The summed E-state index contributed by atoms with van der Waals surface area (Å²) in [7, 11) is 0.743. The van der Waals surface area contributed by atoms with Crippen LogP contribution in [0.3, 0.4) is 0 Å². The number of amides is 2. The van der Waals surface area contributed by atoms with Crippen LogP contribution < -0.4 is 21.5 Å². The summed E-state index contributed by atoms with van der Waals surface area (Å²) in [6, 6.07) is 10.5. The van der Waals surface area contributed by atoms with Gasteiger partial charge in [0, 0.05) is 11.4 Å². The average molecular weight is 400 g/mol. The molecule has 2 aromatic rings. The molecular formula is C17H16F4N4O3. The number of hydrazine groups is 1. The molecular weight excluding hydrogens is 384 g/mol. The number of para-hydroxylation sites is 1. The van der Waals surface area contributed by atoms with Crippen LogP contribution in [-0.4, -0.2) is 30.9 Å². The molecule has 0 radical (unpaired) electrons. The van der Waals surface area contributed by atoms with Gasteiger partial charge in [0.25, 0.3) is 0 Å². The predicted molar refractivity (Wildman–Crippen MR) is 92.6 cm³/mol. The summed E-state index contributed by atoms with van der Waals surface area (Å²) in [5.41, 5.74) is 0.601. The van der Waals surface area contributed by atoms with Crippen molar-refractivity contribution in [3.05, 3.63) is 60.4 Å². The van der Waals surface area contributed by atoms with E-state index >= 15 is 0 Å². The van der Waals surface area contributed by atoms with E-state index in [9.17, 15) is 27.2 Å². The lowest BCUT2D eigenvalue weighted by atomic mass is 10.1. The molecule has 0 aliphatic rings. The summed E-state index contributed by atoms with van der Waals surface area (Å²) >= 11 is 0. The molecule has 28 heavy (non-hydrogen) atoms. The Balaban J connectivity index is 2.26. The van der Waals surface area contributed by atoms with Gasteiger partial charge in [-0.15, -0.1) is 0 Å². The van der Waals surface area contributed by atoms with Crippen LogP contribution in [0.4, 0.5) is 33.7 Å². The molecule has 1 unspecified atom stereocenters. The summed E-state index contributed by atoms with van der Waals surface area (Å²) in [4.78, 5) is 24.1. The van der Waals surface area contributed by atoms with Crippen molar-refractivity contribution in [3.8, 4) is 0 Å². The molecule has 2 amide bonds. The first-order valence-electron chi connectivity index (χ1n) is 7.76. The third kappa shape index (κ3) is 4.88. The van der Waals surface area contributed by atoms with Crippen LogP contribution >= 0.6 is 0 Å². The minimum atomic E-state index is -5.29. The fourth-order valence-corrected chi connectivity index (χ4v) is 2.10. The number of benzene rings is 2. The SMILES string of the molecule is COC(=O)C(NNc1ccccc1)(NC(=O)Nc1ccc(F)cc1)C(F)(F)F. The number of anilines is 2. The molecule has 0 aromatic heterocycles. The quantitative estimate of drug-likeness (QED) is 0.259. The molecule has 0 aliphatic carbocycles. The average Bonchev–Trinajstić information content (AvgIpc) is 2.66. The van der Waals surface area contributed by atoms with E-state index in [1.54, 1.807) is 23.6 Å². The monoisotopic (exact) mass is 400 g/mol. The van der Waals surface area contributed by atoms with Crippen molar-refractivity contribution < 1.29 is 31.9 Å². The molecule has 0 fully saturated rings. The van der Waals surface area contributed by atoms with E-state index in [1.807, 2.05) is 0 Å². The summed E-state index contributed by atoms with van der Waals surface area (Å²) < 4.78 is 58.5. The Hall–Kier alpha value is -3.34. The number of hydrogen-bond acceptors (Lipinski definition) is 5. The largest absolute Gasteiger partial charge is 0.466 e. The van der Waals surface area contributed by atoms with Gasteiger partial charge in [0.1, 0.15) is 5.82 Å². The van der Waals surface area contributed by atoms with Gasteiger partial charge in [-0.3, -0.25) is 0 Å². The fraction of sp³-hybridized carbons (Fsp3) is 0.176. The van der Waals surface area contributed by atoms with E-state index in [0.717, 1.165) is 31.4 Å². The highest BCUT2D eigenvalue weighted by Gasteiger charge is 2.63. The second kappa shape index (κ2) is 8.57. The summed E-state index contributed by atoms with van der Waals surface area (Å²) in [6.07, 6.45) is -5.29. The summed E-state index contributed by atoms with van der Waals surface area (Å²) in [6.45, 7) is 0. The maximum absolute atomic E-state index is 13.8. The minimum Gasteiger partial charge on any atom is -0.466 e. The van der Waals surface area contributed by atoms with Gasteiger partial charge in [0.2, 0.25) is 0 Å². The van der Waals surface area contributed by atoms with E-state index in [1.165, 1.54) is 17.4 Å². The van der Waals surface area contributed by atoms with Crippen LogP contribution in [0.1, 0.15) is 0 Å². The number of alkyl halides is 3. The molecule has 2 aromatic carbocycles. The molecule has 0 heterocycles. The zero-order valence-electron chi connectivity index (χ0n) is 14.4. The first-order valence-corrected chi connectivity index (χ1v) is 7.76. The second-order valence-corrected chi connectivity index (χ2v) is 5.44. The van der Waals surface area contributed by atoms with Crippen LogP contribution in [0.5, 0.6) is 0 Å². The molecule has 0 spiro atoms. The number of nitrogens with one attached hydrogen (secondary N) is 4. The normalized spacial score (nSPS) is 13.2. The zero-order chi connectivity index (χ0) is 20.8. The van der Waals surface area contributed by atoms with Crippen molar-refractivity contribution in [2.24, 2.45) is 0 Å². The fourth-order valence-electron chi connectivity index (χ4n) is 2.10. The van der Waals surface area contributed by atoms with Gasteiger partial charge >= 0.3 is 23.8 Å². The molecule has 0 saturated carbocycles. The lowest BCUT2D eigenvalue weighted by Crippen LogP contribution is -2.74. The molecule has 0 aliphatic heterocycles. The molecule has 2 rings (SSSR count). The van der Waals surface area contributed by atoms with Crippen LogP contribution in [0.2, 0.25) is 0 Å². The summed E-state index contributed by atoms with van der Waals surface area (Å²) in [5, 5.41) is 3.62. The Morgan fingerprint density at radius 2 is 1.54 bits per heavy atom. The number of rotatable bonds is 6. The topological polar surface area (TPSA) is 91.5 Å². The smallest absolute Gasteiger partial charge is 0.438 e. The molecule has 0 bridgehead atoms. The first kappa shape index (κ1) is 21.0. The van der Waals surface area contributed by atoms with Crippen molar-refractivity contribution >= 4 is 23.4 Å². The van der Waals surface area contributed by atoms with Crippen molar-refractivity contribution in [3.63, 3.8) is 0 Å². The molecule has 4 N–H and O–H groups in total. The van der Waals surface area contributed by atoms with Crippen molar-refractivity contribution in [2.45, 2.75) is 11.8 Å². The Labute approximate surface area is 157 Å². The van der Waals surface area contributed by atoms with Crippen LogP contribution in [0.15, 0.2) is 54.6 Å². The molecule has 150 valence electrons. The van der Waals surface area contributed by atoms with E-state index < -0.39 is 29.7 Å². The van der Waals surface area contributed by atoms with Gasteiger partial charge in [0.15, 0.2) is 0 Å². The van der Waals surface area contributed by atoms with Crippen molar-refractivity contribution in [1.29, 1.82) is 0 Å². The lowest BCUT2D eigenvalue weighted by molar-refractivity contribution is -0.215. The number of esters is 1. The number of halogens is 4. The Morgan fingerprint density at radius 1 is 0.929 bits per heavy atom. The number of carbonyl (C=O) groups is 2. The third-order valence-corrected chi connectivity index (χ3v) is 3.49. The van der Waals surface area contributed by atoms with E-state index in [-0.39, 0.29) is 11.4 Å². The maximum atomic E-state index is 13.8. The van der Waals surface area contributed by atoms with Gasteiger partial charge in [0.05, 0.1) is 7.11 Å². The standard InChI is InChI=1S/C17H16F4N4O3/c1-28-14(26)16(17(19,20)21,25-24-13-5-3-2-4-6-13)23-15(27)22-12-9-7-11(18)8-10-12/h2-10,24-25H,1H3,(H2,22,23,27). The zero-order valence-corrected chi connectivity index (χ0v) is 14.4. The second-order valence-electron chi connectivity index (χ2n) is 5.44. The highest BCUT2D eigenvalue weighted by atomic mass is 19.4. The molecule has 7 nitrogen and oxygen atoms in total. The Bertz CT molecular complexity index is 815. The van der Waals surface area contributed by atoms with Crippen LogP contribution in [0.25, 0.3) is 0 Å². The minimum absolute atomic E-state index is 0.0101. The van der Waals surface area contributed by atoms with Crippen LogP contribution in [0, 0.1) is 5.82 Å². The third-order valence-electron chi connectivity index (χ3n) is 3.49. The Kier molecular flexibility index (Phi) is 6.41. The van der Waals surface area contributed by atoms with Crippen molar-refractivity contribution in [1.82, 2.24) is 10.7 Å². The highest BCUT2D eigenvalue weighted by Crippen LogP contribution is 2.30. The lowest BCUT2D eigenvalue weighted by Gasteiger charge is -2.34. The van der Waals surface area contributed by atoms with Crippen LogP contribution in [-0.2, 0) is 9.53 Å². The molecule has 11 heteroatoms. The van der Waals surface area contributed by atoms with Gasteiger partial charge < -0.3 is 20.8 Å². The van der Waals surface area contributed by atoms with Gasteiger partial charge in [-0.1, -0.05) is 18.2 Å².